The van der Waals surface area contributed by atoms with Crippen molar-refractivity contribution in [1.82, 2.24) is 19.5 Å². The number of rotatable bonds is 7. The molecule has 1 fully saturated rings. The highest BCUT2D eigenvalue weighted by Gasteiger charge is 2.46. The van der Waals surface area contributed by atoms with Crippen LogP contribution in [0.1, 0.15) is 6.23 Å². The maximum atomic E-state index is 11.5. The second kappa shape index (κ2) is 8.17. The number of nitrogen functional groups attached to an aromatic ring is 1. The molecule has 0 amide bonds. The van der Waals surface area contributed by atoms with Gasteiger partial charge in [-0.3, -0.25) is 9.09 Å². The van der Waals surface area contributed by atoms with Gasteiger partial charge in [0.1, 0.15) is 23.8 Å². The van der Waals surface area contributed by atoms with Gasteiger partial charge in [-0.25, -0.2) is 24.1 Å². The molecule has 1 aliphatic rings. The first-order chi connectivity index (χ1) is 13.4. The second-order valence-corrected chi connectivity index (χ2v) is 9.41. The van der Waals surface area contributed by atoms with Crippen LogP contribution >= 0.6 is 27.4 Å². The van der Waals surface area contributed by atoms with Crippen molar-refractivity contribution in [3.63, 3.8) is 0 Å². The Morgan fingerprint density at radius 2 is 1.97 bits per heavy atom. The van der Waals surface area contributed by atoms with Gasteiger partial charge in [0.05, 0.1) is 12.9 Å². The van der Waals surface area contributed by atoms with E-state index in [2.05, 4.69) is 23.8 Å². The Morgan fingerprint density at radius 1 is 1.28 bits per heavy atom. The lowest BCUT2D eigenvalue weighted by atomic mass is 10.1. The largest absolute Gasteiger partial charge is 0.481 e. The van der Waals surface area contributed by atoms with Gasteiger partial charge >= 0.3 is 15.6 Å². The number of thioether (sulfide) groups is 1. The number of ether oxygens (including phenoxy) is 1. The Morgan fingerprint density at radius 3 is 2.59 bits per heavy atom. The maximum absolute atomic E-state index is 11.5. The summed E-state index contributed by atoms with van der Waals surface area (Å²) in [5.41, 5.74) is 6.29. The third-order valence-corrected chi connectivity index (χ3v) is 6.53. The number of fused-ring (bicyclic) bond motifs is 1. The molecule has 162 valence electrons. The first-order valence-electron chi connectivity index (χ1n) is 7.71. The molecule has 0 aliphatic carbocycles. The van der Waals surface area contributed by atoms with E-state index in [4.69, 9.17) is 20.3 Å². The smallest absolute Gasteiger partial charge is 0.387 e. The molecule has 3 rings (SSSR count). The van der Waals surface area contributed by atoms with Crippen molar-refractivity contribution in [3.8, 4) is 0 Å². The summed E-state index contributed by atoms with van der Waals surface area (Å²) in [7, 11) is -10.4. The number of phosphoric acid groups is 2. The molecule has 18 heteroatoms. The van der Waals surface area contributed by atoms with Crippen LogP contribution in [0.4, 0.5) is 5.82 Å². The molecule has 5 atom stereocenters. The minimum absolute atomic E-state index is 0.0989. The first kappa shape index (κ1) is 22.5. The molecule has 0 bridgehead atoms. The number of hydrogen-bond donors (Lipinski definition) is 6. The van der Waals surface area contributed by atoms with Crippen LogP contribution in [-0.2, 0) is 22.7 Å². The summed E-state index contributed by atoms with van der Waals surface area (Å²) in [6.07, 6.45) is -2.66. The fourth-order valence-electron chi connectivity index (χ4n) is 2.62. The molecule has 1 saturated heterocycles. The Bertz CT molecular complexity index is 1000. The van der Waals surface area contributed by atoms with Crippen LogP contribution in [0.15, 0.2) is 11.5 Å². The third kappa shape index (κ3) is 4.95. The van der Waals surface area contributed by atoms with Crippen molar-refractivity contribution in [1.29, 1.82) is 0 Å². The molecular weight excluding hydrogens is 456 g/mol. The summed E-state index contributed by atoms with van der Waals surface area (Å²) >= 11 is 1.22. The molecule has 0 aromatic carbocycles. The van der Waals surface area contributed by atoms with Crippen LogP contribution in [0.25, 0.3) is 11.2 Å². The fourth-order valence-corrected chi connectivity index (χ4v) is 4.58. The molecule has 3 heterocycles. The first-order valence-corrected chi connectivity index (χ1v) is 12.0. The number of aromatic nitrogens is 4. The molecule has 0 saturated carbocycles. The lowest BCUT2D eigenvalue weighted by Gasteiger charge is -2.17. The number of aliphatic hydroxyl groups excluding tert-OH is 2. The summed E-state index contributed by atoms with van der Waals surface area (Å²) in [6.45, 7) is -0.817. The average molecular weight is 473 g/mol. The van der Waals surface area contributed by atoms with E-state index >= 15 is 0 Å². The number of nitrogens with zero attached hydrogens (tertiary/aromatic N) is 4. The van der Waals surface area contributed by atoms with Gasteiger partial charge in [0.2, 0.25) is 0 Å². The van der Waals surface area contributed by atoms with E-state index in [1.165, 1.54) is 22.7 Å². The summed E-state index contributed by atoms with van der Waals surface area (Å²) in [6, 6.07) is 0. The lowest BCUT2D eigenvalue weighted by molar-refractivity contribution is -0.0503. The number of hydrogen-bond acceptors (Lipinski definition) is 12. The highest BCUT2D eigenvalue weighted by molar-refractivity contribution is 7.98. The van der Waals surface area contributed by atoms with E-state index in [0.29, 0.717) is 5.16 Å². The highest BCUT2D eigenvalue weighted by atomic mass is 32.2. The van der Waals surface area contributed by atoms with E-state index in [0.717, 1.165) is 0 Å². The Balaban J connectivity index is 1.80. The van der Waals surface area contributed by atoms with Crippen LogP contribution in [0.3, 0.4) is 0 Å². The maximum Gasteiger partial charge on any atom is 0.481 e. The molecule has 2 aromatic rings. The average Bonchev–Trinajstić information content (AvgIpc) is 3.13. The van der Waals surface area contributed by atoms with Gasteiger partial charge < -0.3 is 35.4 Å². The molecule has 29 heavy (non-hydrogen) atoms. The van der Waals surface area contributed by atoms with Crippen molar-refractivity contribution in [2.45, 2.75) is 29.7 Å². The quantitative estimate of drug-likeness (QED) is 0.160. The predicted octanol–water partition coefficient (Wildman–Crippen LogP) is -1.02. The Hall–Kier alpha value is -1.16. The van der Waals surface area contributed by atoms with Crippen molar-refractivity contribution in [2.75, 3.05) is 18.6 Å². The van der Waals surface area contributed by atoms with Crippen LogP contribution in [0, 0.1) is 0 Å². The minimum Gasteiger partial charge on any atom is -0.387 e. The Labute approximate surface area is 166 Å². The zero-order chi connectivity index (χ0) is 21.6. The monoisotopic (exact) mass is 473 g/mol. The number of phosphoric ester groups is 1. The molecule has 0 radical (unpaired) electrons. The van der Waals surface area contributed by atoms with Gasteiger partial charge in [-0.05, 0) is 6.26 Å². The molecule has 3 unspecified atom stereocenters. The molecule has 2 aromatic heterocycles. The van der Waals surface area contributed by atoms with E-state index in [1.54, 1.807) is 6.26 Å². The third-order valence-electron chi connectivity index (χ3n) is 3.83. The number of anilines is 1. The van der Waals surface area contributed by atoms with Crippen molar-refractivity contribution < 1.29 is 47.6 Å². The van der Waals surface area contributed by atoms with Gasteiger partial charge in [-0.15, -0.1) is 0 Å². The van der Waals surface area contributed by atoms with Crippen LogP contribution in [-0.4, -0.2) is 75.6 Å². The van der Waals surface area contributed by atoms with Crippen molar-refractivity contribution >= 4 is 44.4 Å². The molecule has 0 spiro atoms. The lowest BCUT2D eigenvalue weighted by Crippen LogP contribution is -2.33. The normalized spacial score (nSPS) is 27.4. The van der Waals surface area contributed by atoms with Crippen LogP contribution in [0.5, 0.6) is 0 Å². The molecule has 7 N–H and O–H groups in total. The van der Waals surface area contributed by atoms with Gasteiger partial charge in [-0.2, -0.15) is 4.31 Å². The number of imidazole rings is 1. The zero-order valence-electron chi connectivity index (χ0n) is 14.5. The van der Waals surface area contributed by atoms with Gasteiger partial charge in [-0.1, -0.05) is 11.8 Å². The van der Waals surface area contributed by atoms with Gasteiger partial charge in [0.25, 0.3) is 0 Å². The standard InChI is InChI=1S/C11H17N5O10P2S/c1-29-11-14-8(12)5-9(15-11)16(3-13-5)10-7(18)6(17)4(25-10)2-24-28(22,23)26-27(19,20)21/h3-4,6-7,10,17-18H,2H2,1H3,(H,22,23)(H2,12,14,15)(H2,19,20,21)/t4-,6?,7?,10-/m1/s1. The SMILES string of the molecule is CSc1nc(N)c2ncn([C@@H]3O[C@H](COP(=O)(O)OP(=O)(O)O)C(O)C3O)c2n1. The summed E-state index contributed by atoms with van der Waals surface area (Å²) in [5, 5.41) is 20.8. The molecule has 1 aliphatic heterocycles. The number of aliphatic hydroxyl groups is 2. The molecule has 15 nitrogen and oxygen atoms in total. The summed E-state index contributed by atoms with van der Waals surface area (Å²) < 4.78 is 37.1. The van der Waals surface area contributed by atoms with Gasteiger partial charge in [0, 0.05) is 0 Å². The topological polar surface area (TPSA) is 233 Å². The van der Waals surface area contributed by atoms with Crippen molar-refractivity contribution in [3.05, 3.63) is 6.33 Å². The minimum atomic E-state index is -5.30. The molecular formula is C11H17N5O10P2S. The Kier molecular flexibility index (Phi) is 6.34. The number of nitrogens with two attached hydrogens (primary N) is 1. The summed E-state index contributed by atoms with van der Waals surface area (Å²) in [4.78, 5) is 38.8. The van der Waals surface area contributed by atoms with E-state index in [1.807, 2.05) is 0 Å². The summed E-state index contributed by atoms with van der Waals surface area (Å²) in [5.74, 6) is 0.0989. The van der Waals surface area contributed by atoms with E-state index in [9.17, 15) is 24.2 Å². The fraction of sp³-hybridized carbons (Fsp3) is 0.545. The van der Waals surface area contributed by atoms with Crippen molar-refractivity contribution in [2.24, 2.45) is 0 Å². The second-order valence-electron chi connectivity index (χ2n) is 5.80. The zero-order valence-corrected chi connectivity index (χ0v) is 17.1. The van der Waals surface area contributed by atoms with E-state index in [-0.39, 0.29) is 17.0 Å². The van der Waals surface area contributed by atoms with Crippen LogP contribution in [0.2, 0.25) is 0 Å². The van der Waals surface area contributed by atoms with Gasteiger partial charge in [0.15, 0.2) is 22.8 Å². The van der Waals surface area contributed by atoms with E-state index < -0.39 is 46.8 Å². The highest BCUT2D eigenvalue weighted by Crippen LogP contribution is 2.57. The predicted molar refractivity (Wildman–Crippen MR) is 96.3 cm³/mol. The van der Waals surface area contributed by atoms with Crippen LogP contribution < -0.4 is 5.73 Å².